The number of carbonyl (C=O) groups excluding carboxylic acids is 2. The second-order valence-corrected chi connectivity index (χ2v) is 3.47. The van der Waals surface area contributed by atoms with Gasteiger partial charge in [-0.3, -0.25) is 9.59 Å². The third kappa shape index (κ3) is 6.78. The number of nitrogens with two attached hydrogens (primary N) is 1. The first-order valence-electron chi connectivity index (χ1n) is 4.85. The molecule has 0 rings (SSSR count). The van der Waals surface area contributed by atoms with Crippen molar-refractivity contribution in [3.63, 3.8) is 0 Å². The van der Waals surface area contributed by atoms with Crippen molar-refractivity contribution in [2.24, 2.45) is 5.73 Å². The van der Waals surface area contributed by atoms with E-state index in [-0.39, 0.29) is 13.0 Å². The number of rotatable bonds is 6. The zero-order valence-electron chi connectivity index (χ0n) is 9.47. The van der Waals surface area contributed by atoms with Gasteiger partial charge in [-0.05, 0) is 6.92 Å². The van der Waals surface area contributed by atoms with Gasteiger partial charge in [0.2, 0.25) is 5.91 Å². The summed E-state index contributed by atoms with van der Waals surface area (Å²) in [5.74, 6) is 0.454. The van der Waals surface area contributed by atoms with Crippen LogP contribution in [0.4, 0.5) is 4.79 Å². The van der Waals surface area contributed by atoms with Crippen LogP contribution in [-0.2, 0) is 9.59 Å². The molecule has 1 unspecified atom stereocenters. The smallest absolute Gasteiger partial charge is 0.323 e. The summed E-state index contributed by atoms with van der Waals surface area (Å²) in [6.07, 6.45) is 4.99. The lowest BCUT2D eigenvalue weighted by atomic mass is 10.2. The fourth-order valence-electron chi connectivity index (χ4n) is 1.13. The largest absolute Gasteiger partial charge is 0.480 e. The summed E-state index contributed by atoms with van der Waals surface area (Å²) >= 11 is 0. The third-order valence-corrected chi connectivity index (χ3v) is 1.77. The van der Waals surface area contributed by atoms with Gasteiger partial charge < -0.3 is 21.1 Å². The molecule has 0 aliphatic rings. The van der Waals surface area contributed by atoms with Crippen LogP contribution in [0.3, 0.4) is 0 Å². The molecule has 0 aromatic rings. The summed E-state index contributed by atoms with van der Waals surface area (Å²) in [5, 5.41) is 11.0. The van der Waals surface area contributed by atoms with Crippen molar-refractivity contribution < 1.29 is 19.5 Å². The lowest BCUT2D eigenvalue weighted by molar-refractivity contribution is -0.137. The molecule has 0 bridgehead atoms. The van der Waals surface area contributed by atoms with Gasteiger partial charge in [0.15, 0.2) is 0 Å². The summed E-state index contributed by atoms with van der Waals surface area (Å²) in [6.45, 7) is 0.957. The maximum Gasteiger partial charge on any atom is 0.323 e. The molecule has 4 N–H and O–H groups in total. The highest BCUT2D eigenvalue weighted by Gasteiger charge is 2.18. The van der Waals surface area contributed by atoms with Gasteiger partial charge in [0.25, 0.3) is 0 Å². The molecule has 3 amide bonds. The van der Waals surface area contributed by atoms with E-state index in [9.17, 15) is 14.4 Å². The van der Waals surface area contributed by atoms with Crippen LogP contribution in [0.1, 0.15) is 13.3 Å². The summed E-state index contributed by atoms with van der Waals surface area (Å²) in [7, 11) is 0. The Morgan fingerprint density at radius 2 is 2.12 bits per heavy atom. The van der Waals surface area contributed by atoms with Crippen LogP contribution < -0.4 is 11.1 Å². The van der Waals surface area contributed by atoms with Gasteiger partial charge in [-0.25, -0.2) is 4.79 Å². The topological polar surface area (TPSA) is 113 Å². The maximum atomic E-state index is 11.6. The Bertz CT molecular complexity index is 348. The lowest BCUT2D eigenvalue weighted by Crippen LogP contribution is -2.46. The number of amides is 3. The fraction of sp³-hybridized carbons (Fsp3) is 0.500. The first-order valence-corrected chi connectivity index (χ1v) is 4.85. The molecule has 0 saturated heterocycles. The Hall–Kier alpha value is -2.23. The minimum Gasteiger partial charge on any atom is -0.480 e. The van der Waals surface area contributed by atoms with E-state index in [0.717, 1.165) is 4.90 Å². The standard InChI is InChI=1S/C10H15N3O4/c1-3-4-13(6-9(15)16)10(17)12-7(2)5-8(11)14/h1,7H,4-6H2,2H3,(H2,11,14)(H,12,17)(H,15,16). The molecule has 0 radical (unpaired) electrons. The molecule has 0 aromatic heterocycles. The number of carboxylic acid groups (broad SMARTS) is 1. The van der Waals surface area contributed by atoms with Crippen molar-refractivity contribution in [3.8, 4) is 12.3 Å². The number of hydrogen-bond acceptors (Lipinski definition) is 3. The quantitative estimate of drug-likeness (QED) is 0.516. The molecule has 1 atom stereocenters. The monoisotopic (exact) mass is 241 g/mol. The second-order valence-electron chi connectivity index (χ2n) is 3.47. The molecule has 7 nitrogen and oxygen atoms in total. The number of carboxylic acids is 1. The van der Waals surface area contributed by atoms with Gasteiger partial charge in [-0.15, -0.1) is 6.42 Å². The molecule has 0 fully saturated rings. The van der Waals surface area contributed by atoms with E-state index >= 15 is 0 Å². The van der Waals surface area contributed by atoms with Gasteiger partial charge in [0, 0.05) is 12.5 Å². The van der Waals surface area contributed by atoms with Crippen molar-refractivity contribution in [1.82, 2.24) is 10.2 Å². The van der Waals surface area contributed by atoms with E-state index in [1.165, 1.54) is 0 Å². The van der Waals surface area contributed by atoms with Crippen molar-refractivity contribution in [3.05, 3.63) is 0 Å². The van der Waals surface area contributed by atoms with Crippen molar-refractivity contribution in [2.45, 2.75) is 19.4 Å². The number of nitrogens with one attached hydrogen (secondary N) is 1. The molecule has 7 heteroatoms. The Morgan fingerprint density at radius 1 is 1.53 bits per heavy atom. The first kappa shape index (κ1) is 14.8. The highest BCUT2D eigenvalue weighted by molar-refractivity contribution is 5.81. The molecule has 0 saturated carbocycles. The number of aliphatic carboxylic acids is 1. The van der Waals surface area contributed by atoms with Crippen molar-refractivity contribution >= 4 is 17.9 Å². The average molecular weight is 241 g/mol. The number of primary amides is 1. The Morgan fingerprint density at radius 3 is 2.53 bits per heavy atom. The van der Waals surface area contributed by atoms with Crippen LogP contribution in [0.15, 0.2) is 0 Å². The molecule has 0 heterocycles. The Kier molecular flexibility index (Phi) is 6.18. The van der Waals surface area contributed by atoms with Gasteiger partial charge >= 0.3 is 12.0 Å². The molecule has 17 heavy (non-hydrogen) atoms. The highest BCUT2D eigenvalue weighted by atomic mass is 16.4. The third-order valence-electron chi connectivity index (χ3n) is 1.77. The number of nitrogens with zero attached hydrogens (tertiary/aromatic N) is 1. The number of terminal acetylenes is 1. The minimum atomic E-state index is -1.17. The van der Waals surface area contributed by atoms with E-state index in [1.54, 1.807) is 6.92 Å². The predicted molar refractivity (Wildman–Crippen MR) is 59.8 cm³/mol. The van der Waals surface area contributed by atoms with Crippen molar-refractivity contribution in [1.29, 1.82) is 0 Å². The maximum absolute atomic E-state index is 11.6. The molecule has 0 aliphatic heterocycles. The number of carbonyl (C=O) groups is 3. The van der Waals surface area contributed by atoms with Gasteiger partial charge in [0.05, 0.1) is 6.54 Å². The average Bonchev–Trinajstić information content (AvgIpc) is 2.14. The van der Waals surface area contributed by atoms with Crippen LogP contribution in [0, 0.1) is 12.3 Å². The van der Waals surface area contributed by atoms with Crippen LogP contribution in [-0.4, -0.2) is 47.0 Å². The summed E-state index contributed by atoms with van der Waals surface area (Å²) < 4.78 is 0. The number of hydrogen-bond donors (Lipinski definition) is 3. The molecular weight excluding hydrogens is 226 g/mol. The Labute approximate surface area is 99.0 Å². The molecular formula is C10H15N3O4. The van der Waals surface area contributed by atoms with Crippen LogP contribution in [0.2, 0.25) is 0 Å². The minimum absolute atomic E-state index is 0.0251. The van der Waals surface area contributed by atoms with Crippen LogP contribution in [0.5, 0.6) is 0 Å². The normalized spacial score (nSPS) is 11.1. The van der Waals surface area contributed by atoms with Crippen molar-refractivity contribution in [2.75, 3.05) is 13.1 Å². The Balaban J connectivity index is 4.37. The lowest BCUT2D eigenvalue weighted by Gasteiger charge is -2.21. The molecule has 0 aliphatic carbocycles. The summed E-state index contributed by atoms with van der Waals surface area (Å²) in [4.78, 5) is 33.6. The summed E-state index contributed by atoms with van der Waals surface area (Å²) in [6, 6.07) is -1.12. The van der Waals surface area contributed by atoms with Gasteiger partial charge in [0.1, 0.15) is 6.54 Å². The number of urea groups is 1. The molecule has 0 spiro atoms. The van der Waals surface area contributed by atoms with Gasteiger partial charge in [-0.2, -0.15) is 0 Å². The highest BCUT2D eigenvalue weighted by Crippen LogP contribution is 1.94. The van der Waals surface area contributed by atoms with E-state index in [1.807, 2.05) is 0 Å². The van der Waals surface area contributed by atoms with Crippen LogP contribution >= 0.6 is 0 Å². The van der Waals surface area contributed by atoms with E-state index in [0.29, 0.717) is 0 Å². The van der Waals surface area contributed by atoms with E-state index in [4.69, 9.17) is 17.3 Å². The predicted octanol–water partition coefficient (Wildman–Crippen LogP) is -1.02. The zero-order chi connectivity index (χ0) is 13.4. The van der Waals surface area contributed by atoms with Gasteiger partial charge in [-0.1, -0.05) is 5.92 Å². The van der Waals surface area contributed by atoms with E-state index < -0.39 is 30.5 Å². The fourth-order valence-corrected chi connectivity index (χ4v) is 1.13. The second kappa shape index (κ2) is 7.11. The SMILES string of the molecule is C#CCN(CC(=O)O)C(=O)NC(C)CC(N)=O. The van der Waals surface area contributed by atoms with E-state index in [2.05, 4.69) is 11.2 Å². The first-order chi connectivity index (χ1) is 7.86. The molecule has 94 valence electrons. The van der Waals surface area contributed by atoms with Crippen LogP contribution in [0.25, 0.3) is 0 Å². The zero-order valence-corrected chi connectivity index (χ0v) is 9.47. The summed E-state index contributed by atoms with van der Waals surface area (Å²) in [5.41, 5.74) is 4.95. The molecule has 0 aromatic carbocycles.